The van der Waals surface area contributed by atoms with Crippen LogP contribution >= 0.6 is 0 Å². The van der Waals surface area contributed by atoms with E-state index in [4.69, 9.17) is 0 Å². The van der Waals surface area contributed by atoms with Crippen molar-refractivity contribution in [2.24, 2.45) is 0 Å². The van der Waals surface area contributed by atoms with Crippen LogP contribution in [0.1, 0.15) is 20.8 Å². The molecule has 0 saturated carbocycles. The molecule has 0 saturated heterocycles. The molecule has 1 aromatic carbocycles. The number of aldehydes is 2. The summed E-state index contributed by atoms with van der Waals surface area (Å²) in [5.74, 6) is 0. The molecule has 64 valence electrons. The highest BCUT2D eigenvalue weighted by atomic mass is 16.1. The van der Waals surface area contributed by atoms with Crippen LogP contribution in [0.15, 0.2) is 18.2 Å². The van der Waals surface area contributed by atoms with Gasteiger partial charge in [-0.25, -0.2) is 0 Å². The third-order valence-corrected chi connectivity index (χ3v) is 1.89. The van der Waals surface area contributed by atoms with Crippen molar-refractivity contribution in [1.82, 2.24) is 10.2 Å². The maximum absolute atomic E-state index is 10.6. The molecular weight excluding hydrogens is 168 g/mol. The molecule has 1 N–H and O–H groups in total. The van der Waals surface area contributed by atoms with E-state index in [0.29, 0.717) is 34.7 Å². The van der Waals surface area contributed by atoms with E-state index >= 15 is 0 Å². The van der Waals surface area contributed by atoms with Crippen molar-refractivity contribution in [2.75, 3.05) is 0 Å². The average Bonchev–Trinajstić information content (AvgIpc) is 2.60. The number of carbonyl (C=O) groups excluding carboxylic acids is 2. The third-order valence-electron chi connectivity index (χ3n) is 1.89. The quantitative estimate of drug-likeness (QED) is 0.695. The Morgan fingerprint density at radius 2 is 2.08 bits per heavy atom. The number of hydrogen-bond donors (Lipinski definition) is 1. The predicted molar refractivity (Wildman–Crippen MR) is 46.9 cm³/mol. The Morgan fingerprint density at radius 1 is 1.23 bits per heavy atom. The van der Waals surface area contributed by atoms with Crippen molar-refractivity contribution in [2.45, 2.75) is 0 Å². The molecule has 2 rings (SSSR count). The first-order valence-corrected chi connectivity index (χ1v) is 3.74. The summed E-state index contributed by atoms with van der Waals surface area (Å²) in [6.45, 7) is 0. The summed E-state index contributed by atoms with van der Waals surface area (Å²) >= 11 is 0. The van der Waals surface area contributed by atoms with Gasteiger partial charge in [-0.3, -0.25) is 14.7 Å². The predicted octanol–water partition coefficient (Wildman–Crippen LogP) is 1.19. The van der Waals surface area contributed by atoms with Crippen molar-refractivity contribution >= 4 is 23.5 Å². The van der Waals surface area contributed by atoms with Gasteiger partial charge in [0.15, 0.2) is 12.6 Å². The number of aromatic nitrogens is 2. The fraction of sp³-hybridized carbons (Fsp3) is 0. The van der Waals surface area contributed by atoms with Gasteiger partial charge in [-0.05, 0) is 6.07 Å². The zero-order chi connectivity index (χ0) is 9.26. The van der Waals surface area contributed by atoms with Gasteiger partial charge >= 0.3 is 0 Å². The fourth-order valence-corrected chi connectivity index (χ4v) is 1.30. The number of benzene rings is 1. The first kappa shape index (κ1) is 7.67. The smallest absolute Gasteiger partial charge is 0.168 e. The van der Waals surface area contributed by atoms with Gasteiger partial charge in [0, 0.05) is 10.9 Å². The van der Waals surface area contributed by atoms with Crippen molar-refractivity contribution in [1.29, 1.82) is 0 Å². The van der Waals surface area contributed by atoms with Crippen LogP contribution in [0, 0.1) is 0 Å². The molecule has 0 fully saturated rings. The lowest BCUT2D eigenvalue weighted by atomic mass is 10.1. The van der Waals surface area contributed by atoms with Crippen LogP contribution in [-0.4, -0.2) is 22.8 Å². The first-order valence-electron chi connectivity index (χ1n) is 3.74. The second kappa shape index (κ2) is 2.82. The summed E-state index contributed by atoms with van der Waals surface area (Å²) in [7, 11) is 0. The molecule has 0 spiro atoms. The van der Waals surface area contributed by atoms with Crippen LogP contribution in [0.4, 0.5) is 0 Å². The lowest BCUT2D eigenvalue weighted by Gasteiger charge is -1.92. The van der Waals surface area contributed by atoms with Gasteiger partial charge in [-0.2, -0.15) is 5.10 Å². The molecule has 1 heterocycles. The number of nitrogens with one attached hydrogen (secondary N) is 1. The molecule has 0 amide bonds. The SMILES string of the molecule is O=Cc1cccc2n[nH]c(C=O)c12. The Balaban J connectivity index is 2.90. The van der Waals surface area contributed by atoms with Gasteiger partial charge in [0.25, 0.3) is 0 Å². The number of nitrogens with zero attached hydrogens (tertiary/aromatic N) is 1. The summed E-state index contributed by atoms with van der Waals surface area (Å²) in [6.07, 6.45) is 1.37. The lowest BCUT2D eigenvalue weighted by molar-refractivity contribution is 0.111. The topological polar surface area (TPSA) is 62.8 Å². The minimum atomic E-state index is 0.345. The number of aromatic amines is 1. The Labute approximate surface area is 73.6 Å². The Morgan fingerprint density at radius 3 is 2.77 bits per heavy atom. The van der Waals surface area contributed by atoms with E-state index in [-0.39, 0.29) is 0 Å². The summed E-state index contributed by atoms with van der Waals surface area (Å²) in [5, 5.41) is 7.03. The van der Waals surface area contributed by atoms with E-state index in [9.17, 15) is 9.59 Å². The fourth-order valence-electron chi connectivity index (χ4n) is 1.30. The summed E-state index contributed by atoms with van der Waals surface area (Å²) < 4.78 is 0. The maximum Gasteiger partial charge on any atom is 0.168 e. The van der Waals surface area contributed by atoms with Gasteiger partial charge in [-0.1, -0.05) is 12.1 Å². The zero-order valence-corrected chi connectivity index (χ0v) is 6.65. The number of hydrogen-bond acceptors (Lipinski definition) is 3. The van der Waals surface area contributed by atoms with Crippen molar-refractivity contribution in [3.8, 4) is 0 Å². The molecule has 0 radical (unpaired) electrons. The van der Waals surface area contributed by atoms with Crippen LogP contribution < -0.4 is 0 Å². The van der Waals surface area contributed by atoms with Crippen molar-refractivity contribution in [3.05, 3.63) is 29.5 Å². The summed E-state index contributed by atoms with van der Waals surface area (Å²) in [4.78, 5) is 21.2. The van der Waals surface area contributed by atoms with E-state index in [1.165, 1.54) is 0 Å². The highest BCUT2D eigenvalue weighted by molar-refractivity contribution is 6.04. The highest BCUT2D eigenvalue weighted by Crippen LogP contribution is 2.17. The number of fused-ring (bicyclic) bond motifs is 1. The molecule has 0 bridgehead atoms. The standard InChI is InChI=1S/C9H6N2O2/c12-4-6-2-1-3-7-9(6)8(5-13)11-10-7/h1-5H,(H,10,11). The summed E-state index contributed by atoms with van der Waals surface area (Å²) in [5.41, 5.74) is 1.46. The Bertz CT molecular complexity index is 473. The zero-order valence-electron chi connectivity index (χ0n) is 6.65. The van der Waals surface area contributed by atoms with E-state index < -0.39 is 0 Å². The van der Waals surface area contributed by atoms with E-state index in [1.54, 1.807) is 18.2 Å². The van der Waals surface area contributed by atoms with Crippen LogP contribution in [-0.2, 0) is 0 Å². The number of H-pyrrole nitrogens is 1. The Hall–Kier alpha value is -1.97. The van der Waals surface area contributed by atoms with Gasteiger partial charge in [0.2, 0.25) is 0 Å². The number of rotatable bonds is 2. The summed E-state index contributed by atoms with van der Waals surface area (Å²) in [6, 6.07) is 5.12. The molecule has 13 heavy (non-hydrogen) atoms. The van der Waals surface area contributed by atoms with Gasteiger partial charge < -0.3 is 0 Å². The molecule has 0 aliphatic rings. The molecule has 0 aliphatic carbocycles. The molecule has 0 unspecified atom stereocenters. The van der Waals surface area contributed by atoms with Gasteiger partial charge in [0.05, 0.1) is 5.52 Å². The molecule has 0 atom stereocenters. The molecule has 1 aromatic heterocycles. The molecule has 4 nitrogen and oxygen atoms in total. The molecule has 0 aliphatic heterocycles. The largest absolute Gasteiger partial charge is 0.298 e. The van der Waals surface area contributed by atoms with Crippen LogP contribution in [0.2, 0.25) is 0 Å². The minimum absolute atomic E-state index is 0.345. The highest BCUT2D eigenvalue weighted by Gasteiger charge is 2.07. The molecule has 4 heteroatoms. The third kappa shape index (κ3) is 1.03. The molecular formula is C9H6N2O2. The first-order chi connectivity index (χ1) is 6.36. The van der Waals surface area contributed by atoms with Crippen LogP contribution in [0.5, 0.6) is 0 Å². The second-order valence-corrected chi connectivity index (χ2v) is 2.61. The minimum Gasteiger partial charge on any atom is -0.298 e. The molecule has 2 aromatic rings. The Kier molecular flexibility index (Phi) is 1.66. The van der Waals surface area contributed by atoms with Gasteiger partial charge in [0.1, 0.15) is 5.69 Å². The van der Waals surface area contributed by atoms with E-state index in [2.05, 4.69) is 10.2 Å². The monoisotopic (exact) mass is 174 g/mol. The lowest BCUT2D eigenvalue weighted by Crippen LogP contribution is -1.85. The van der Waals surface area contributed by atoms with E-state index in [0.717, 1.165) is 0 Å². The van der Waals surface area contributed by atoms with Crippen LogP contribution in [0.3, 0.4) is 0 Å². The van der Waals surface area contributed by atoms with Crippen molar-refractivity contribution in [3.63, 3.8) is 0 Å². The maximum atomic E-state index is 10.6. The number of carbonyl (C=O) groups is 2. The van der Waals surface area contributed by atoms with E-state index in [1.807, 2.05) is 0 Å². The van der Waals surface area contributed by atoms with Crippen molar-refractivity contribution < 1.29 is 9.59 Å². The second-order valence-electron chi connectivity index (χ2n) is 2.61. The van der Waals surface area contributed by atoms with Gasteiger partial charge in [-0.15, -0.1) is 0 Å². The average molecular weight is 174 g/mol. The normalized spacial score (nSPS) is 10.2. The van der Waals surface area contributed by atoms with Crippen LogP contribution in [0.25, 0.3) is 10.9 Å².